The van der Waals surface area contributed by atoms with E-state index in [9.17, 15) is 9.59 Å². The second-order valence-electron chi connectivity index (χ2n) is 5.40. The molecule has 0 aliphatic carbocycles. The highest BCUT2D eigenvalue weighted by molar-refractivity contribution is 6.08. The summed E-state index contributed by atoms with van der Waals surface area (Å²) in [4.78, 5) is 27.4. The molecule has 3 aromatic rings. The molecule has 25 heavy (non-hydrogen) atoms. The van der Waals surface area contributed by atoms with Crippen molar-refractivity contribution in [2.45, 2.75) is 0 Å². The van der Waals surface area contributed by atoms with Crippen LogP contribution in [0, 0.1) is 0 Å². The quantitative estimate of drug-likeness (QED) is 0.573. The SMILES string of the molecule is COc1ccc2cc(/C=C/C(=O)c3ccccc3OC)c(=O)[nH]c2c1. The Labute approximate surface area is 144 Å². The molecule has 0 fully saturated rings. The average Bonchev–Trinajstić information content (AvgIpc) is 2.65. The second kappa shape index (κ2) is 7.05. The van der Waals surface area contributed by atoms with Crippen molar-refractivity contribution in [2.24, 2.45) is 0 Å². The number of para-hydroxylation sites is 1. The zero-order chi connectivity index (χ0) is 17.8. The molecule has 0 amide bonds. The van der Waals surface area contributed by atoms with Gasteiger partial charge in [-0.1, -0.05) is 12.1 Å². The summed E-state index contributed by atoms with van der Waals surface area (Å²) in [5, 5.41) is 0.852. The first kappa shape index (κ1) is 16.5. The number of carbonyl (C=O) groups excluding carboxylic acids is 1. The fraction of sp³-hybridized carbons (Fsp3) is 0.100. The molecule has 2 aromatic carbocycles. The maximum absolute atomic E-state index is 12.4. The Hall–Kier alpha value is -3.34. The Morgan fingerprint density at radius 3 is 2.60 bits per heavy atom. The molecule has 1 N–H and O–H groups in total. The largest absolute Gasteiger partial charge is 0.497 e. The molecule has 0 unspecified atom stereocenters. The number of nitrogens with one attached hydrogen (secondary N) is 1. The predicted octanol–water partition coefficient (Wildman–Crippen LogP) is 3.44. The van der Waals surface area contributed by atoms with Crippen LogP contribution < -0.4 is 15.0 Å². The lowest BCUT2D eigenvalue weighted by Crippen LogP contribution is -2.09. The number of methoxy groups -OCH3 is 2. The molecule has 0 aliphatic rings. The van der Waals surface area contributed by atoms with Crippen LogP contribution >= 0.6 is 0 Å². The van der Waals surface area contributed by atoms with Gasteiger partial charge in [-0.05, 0) is 47.9 Å². The van der Waals surface area contributed by atoms with E-state index in [0.29, 0.717) is 28.1 Å². The Morgan fingerprint density at radius 1 is 1.04 bits per heavy atom. The van der Waals surface area contributed by atoms with Gasteiger partial charge in [0, 0.05) is 11.6 Å². The molecule has 1 aromatic heterocycles. The number of benzene rings is 2. The minimum Gasteiger partial charge on any atom is -0.497 e. The summed E-state index contributed by atoms with van der Waals surface area (Å²) < 4.78 is 10.3. The van der Waals surface area contributed by atoms with Crippen molar-refractivity contribution < 1.29 is 14.3 Å². The average molecular weight is 335 g/mol. The van der Waals surface area contributed by atoms with E-state index in [1.54, 1.807) is 43.5 Å². The smallest absolute Gasteiger partial charge is 0.255 e. The highest BCUT2D eigenvalue weighted by atomic mass is 16.5. The van der Waals surface area contributed by atoms with Gasteiger partial charge in [-0.15, -0.1) is 0 Å². The lowest BCUT2D eigenvalue weighted by molar-refractivity contribution is 0.104. The van der Waals surface area contributed by atoms with E-state index >= 15 is 0 Å². The van der Waals surface area contributed by atoms with Crippen LogP contribution in [0.4, 0.5) is 0 Å². The molecule has 3 rings (SSSR count). The zero-order valence-corrected chi connectivity index (χ0v) is 13.9. The molecule has 0 radical (unpaired) electrons. The number of allylic oxidation sites excluding steroid dienone is 1. The third kappa shape index (κ3) is 3.45. The maximum atomic E-state index is 12.4. The van der Waals surface area contributed by atoms with Gasteiger partial charge in [0.05, 0.1) is 25.3 Å². The van der Waals surface area contributed by atoms with Gasteiger partial charge < -0.3 is 14.5 Å². The number of H-pyrrole nitrogens is 1. The van der Waals surface area contributed by atoms with Crippen molar-refractivity contribution in [3.63, 3.8) is 0 Å². The van der Waals surface area contributed by atoms with E-state index in [1.165, 1.54) is 19.3 Å². The van der Waals surface area contributed by atoms with Gasteiger partial charge in [-0.25, -0.2) is 0 Å². The van der Waals surface area contributed by atoms with Crippen molar-refractivity contribution >= 4 is 22.8 Å². The van der Waals surface area contributed by atoms with Gasteiger partial charge in [0.15, 0.2) is 5.78 Å². The number of hydrogen-bond acceptors (Lipinski definition) is 4. The molecule has 0 saturated carbocycles. The number of rotatable bonds is 5. The van der Waals surface area contributed by atoms with E-state index in [2.05, 4.69) is 4.98 Å². The second-order valence-corrected chi connectivity index (χ2v) is 5.40. The van der Waals surface area contributed by atoms with Crippen molar-refractivity contribution in [1.82, 2.24) is 4.98 Å². The molecule has 0 saturated heterocycles. The number of pyridine rings is 1. The third-order valence-corrected chi connectivity index (χ3v) is 3.87. The number of fused-ring (bicyclic) bond motifs is 1. The van der Waals surface area contributed by atoms with Crippen LogP contribution in [-0.4, -0.2) is 25.0 Å². The maximum Gasteiger partial charge on any atom is 0.255 e. The minimum atomic E-state index is -0.273. The van der Waals surface area contributed by atoms with Crippen molar-refractivity contribution in [1.29, 1.82) is 0 Å². The van der Waals surface area contributed by atoms with Gasteiger partial charge in [0.25, 0.3) is 5.56 Å². The number of aromatic nitrogens is 1. The lowest BCUT2D eigenvalue weighted by atomic mass is 10.1. The molecule has 0 atom stereocenters. The van der Waals surface area contributed by atoms with Crippen LogP contribution in [0.1, 0.15) is 15.9 Å². The number of ether oxygens (including phenoxy) is 2. The third-order valence-electron chi connectivity index (χ3n) is 3.87. The fourth-order valence-electron chi connectivity index (χ4n) is 2.55. The summed E-state index contributed by atoms with van der Waals surface area (Å²) in [6.45, 7) is 0. The van der Waals surface area contributed by atoms with Crippen LogP contribution in [-0.2, 0) is 0 Å². The van der Waals surface area contributed by atoms with Crippen LogP contribution in [0.25, 0.3) is 17.0 Å². The minimum absolute atomic E-state index is 0.230. The molecular weight excluding hydrogens is 318 g/mol. The van der Waals surface area contributed by atoms with E-state index in [1.807, 2.05) is 12.1 Å². The monoisotopic (exact) mass is 335 g/mol. The van der Waals surface area contributed by atoms with Gasteiger partial charge in [-0.2, -0.15) is 0 Å². The normalized spacial score (nSPS) is 11.0. The van der Waals surface area contributed by atoms with Crippen molar-refractivity contribution in [2.75, 3.05) is 14.2 Å². The first-order chi connectivity index (χ1) is 12.1. The summed E-state index contributed by atoms with van der Waals surface area (Å²) >= 11 is 0. The number of carbonyl (C=O) groups is 1. The summed E-state index contributed by atoms with van der Waals surface area (Å²) in [5.41, 5.74) is 1.26. The predicted molar refractivity (Wildman–Crippen MR) is 97.5 cm³/mol. The lowest BCUT2D eigenvalue weighted by Gasteiger charge is -2.05. The van der Waals surface area contributed by atoms with Crippen LogP contribution in [0.3, 0.4) is 0 Å². The highest BCUT2D eigenvalue weighted by Gasteiger charge is 2.09. The van der Waals surface area contributed by atoms with Crippen molar-refractivity contribution in [3.05, 3.63) is 76.1 Å². The first-order valence-corrected chi connectivity index (χ1v) is 7.69. The zero-order valence-electron chi connectivity index (χ0n) is 13.9. The standard InChI is InChI=1S/C20H17NO4/c1-24-15-9-7-13-11-14(20(23)21-17(13)12-15)8-10-18(22)16-5-3-4-6-19(16)25-2/h3-12H,1-2H3,(H,21,23)/b10-8+. The van der Waals surface area contributed by atoms with Crippen LogP contribution in [0.2, 0.25) is 0 Å². The molecule has 1 heterocycles. The number of aromatic amines is 1. The fourth-order valence-corrected chi connectivity index (χ4v) is 2.55. The Morgan fingerprint density at radius 2 is 1.84 bits per heavy atom. The van der Waals surface area contributed by atoms with Crippen molar-refractivity contribution in [3.8, 4) is 11.5 Å². The number of ketones is 1. The topological polar surface area (TPSA) is 68.4 Å². The van der Waals surface area contributed by atoms with Gasteiger partial charge in [0.2, 0.25) is 0 Å². The molecule has 0 spiro atoms. The first-order valence-electron chi connectivity index (χ1n) is 7.69. The van der Waals surface area contributed by atoms with Crippen LogP contribution in [0.15, 0.2) is 59.4 Å². The molecule has 0 bridgehead atoms. The Kier molecular flexibility index (Phi) is 4.66. The van der Waals surface area contributed by atoms with E-state index in [-0.39, 0.29) is 11.3 Å². The van der Waals surface area contributed by atoms with E-state index in [4.69, 9.17) is 9.47 Å². The van der Waals surface area contributed by atoms with Crippen LogP contribution in [0.5, 0.6) is 11.5 Å². The molecule has 5 heteroatoms. The molecule has 0 aliphatic heterocycles. The van der Waals surface area contributed by atoms with Gasteiger partial charge in [0.1, 0.15) is 11.5 Å². The van der Waals surface area contributed by atoms with E-state index < -0.39 is 0 Å². The number of hydrogen-bond donors (Lipinski definition) is 1. The Bertz CT molecular complexity index is 1020. The van der Waals surface area contributed by atoms with E-state index in [0.717, 1.165) is 5.39 Å². The Balaban J connectivity index is 1.94. The molecule has 126 valence electrons. The summed E-state index contributed by atoms with van der Waals surface area (Å²) in [6.07, 6.45) is 2.88. The highest BCUT2D eigenvalue weighted by Crippen LogP contribution is 2.20. The summed E-state index contributed by atoms with van der Waals surface area (Å²) in [6, 6.07) is 14.1. The summed E-state index contributed by atoms with van der Waals surface area (Å²) in [7, 11) is 3.08. The van der Waals surface area contributed by atoms with Gasteiger partial charge in [-0.3, -0.25) is 9.59 Å². The molecular formula is C20H17NO4. The van der Waals surface area contributed by atoms with Gasteiger partial charge >= 0.3 is 0 Å². The molecule has 5 nitrogen and oxygen atoms in total. The summed E-state index contributed by atoms with van der Waals surface area (Å²) in [5.74, 6) is 0.932.